The zero-order valence-corrected chi connectivity index (χ0v) is 21.0. The Bertz CT molecular complexity index is 1410. The zero-order chi connectivity index (χ0) is 25.7. The summed E-state index contributed by atoms with van der Waals surface area (Å²) in [4.78, 5) is 37.8. The first-order valence-corrected chi connectivity index (χ1v) is 12.4. The lowest BCUT2D eigenvalue weighted by atomic mass is 9.96. The van der Waals surface area contributed by atoms with Gasteiger partial charge in [-0.2, -0.15) is 10.4 Å². The van der Waals surface area contributed by atoms with Crippen molar-refractivity contribution in [2.75, 3.05) is 5.32 Å². The lowest BCUT2D eigenvalue weighted by Crippen LogP contribution is -2.32. The Morgan fingerprint density at radius 3 is 2.53 bits per heavy atom. The predicted molar refractivity (Wildman–Crippen MR) is 138 cm³/mol. The number of amides is 2. The Balaban J connectivity index is 1.31. The third-order valence-corrected chi connectivity index (χ3v) is 7.09. The van der Waals surface area contributed by atoms with Crippen molar-refractivity contribution in [2.24, 2.45) is 5.10 Å². The van der Waals surface area contributed by atoms with E-state index in [0.717, 1.165) is 36.1 Å². The molecule has 0 saturated heterocycles. The van der Waals surface area contributed by atoms with Gasteiger partial charge in [-0.25, -0.2) is 10.2 Å². The molecule has 0 atom stereocenters. The van der Waals surface area contributed by atoms with E-state index < -0.39 is 17.8 Å². The summed E-state index contributed by atoms with van der Waals surface area (Å²) < 4.78 is 5.30. The van der Waals surface area contributed by atoms with Gasteiger partial charge in [-0.15, -0.1) is 11.3 Å². The molecule has 182 valence electrons. The van der Waals surface area contributed by atoms with Crippen molar-refractivity contribution in [3.05, 3.63) is 79.6 Å². The van der Waals surface area contributed by atoms with Crippen LogP contribution in [0.25, 0.3) is 0 Å². The molecule has 0 unspecified atom stereocenters. The first-order chi connectivity index (χ1) is 17.4. The van der Waals surface area contributed by atoms with E-state index in [0.29, 0.717) is 21.2 Å². The van der Waals surface area contributed by atoms with Crippen LogP contribution in [0, 0.1) is 11.3 Å². The molecule has 2 aromatic carbocycles. The highest BCUT2D eigenvalue weighted by Gasteiger charge is 2.23. The maximum atomic E-state index is 12.3. The van der Waals surface area contributed by atoms with Gasteiger partial charge in [0.1, 0.15) is 16.8 Å². The summed E-state index contributed by atoms with van der Waals surface area (Å²) in [7, 11) is 0. The molecule has 3 aromatic rings. The SMILES string of the molecule is N#Cc1c(NC(=O)C(=O)N/N=C/c2ccc(OC(=O)c3ccc(Cl)cc3Cl)cc2)sc2c1CCCC2. The van der Waals surface area contributed by atoms with E-state index in [9.17, 15) is 19.6 Å². The summed E-state index contributed by atoms with van der Waals surface area (Å²) in [5.41, 5.74) is 4.31. The van der Waals surface area contributed by atoms with Gasteiger partial charge < -0.3 is 10.1 Å². The zero-order valence-electron chi connectivity index (χ0n) is 18.6. The van der Waals surface area contributed by atoms with Crippen LogP contribution in [0.1, 0.15) is 44.8 Å². The topological polar surface area (TPSA) is 121 Å². The number of benzene rings is 2. The van der Waals surface area contributed by atoms with Gasteiger partial charge in [-0.3, -0.25) is 9.59 Å². The Kier molecular flexibility index (Phi) is 8.00. The average Bonchev–Trinajstić information content (AvgIpc) is 3.21. The van der Waals surface area contributed by atoms with Crippen molar-refractivity contribution in [1.29, 1.82) is 5.26 Å². The van der Waals surface area contributed by atoms with E-state index in [1.807, 2.05) is 0 Å². The van der Waals surface area contributed by atoms with E-state index in [1.54, 1.807) is 24.3 Å². The molecule has 1 aliphatic rings. The monoisotopic (exact) mass is 540 g/mol. The molecule has 2 N–H and O–H groups in total. The minimum atomic E-state index is -0.966. The molecule has 0 spiro atoms. The van der Waals surface area contributed by atoms with Crippen LogP contribution in [0.2, 0.25) is 10.0 Å². The minimum absolute atomic E-state index is 0.178. The summed E-state index contributed by atoms with van der Waals surface area (Å²) in [5.74, 6) is -2.24. The van der Waals surface area contributed by atoms with Crippen molar-refractivity contribution in [2.45, 2.75) is 25.7 Å². The van der Waals surface area contributed by atoms with Crippen molar-refractivity contribution >= 4 is 63.5 Å². The highest BCUT2D eigenvalue weighted by molar-refractivity contribution is 7.16. The second kappa shape index (κ2) is 11.4. The van der Waals surface area contributed by atoms with Crippen LogP contribution in [-0.4, -0.2) is 24.0 Å². The molecule has 1 aliphatic carbocycles. The number of hydrogen-bond donors (Lipinski definition) is 2. The summed E-state index contributed by atoms with van der Waals surface area (Å²) in [5, 5.41) is 16.7. The molecular weight excluding hydrogens is 523 g/mol. The summed E-state index contributed by atoms with van der Waals surface area (Å²) in [6, 6.07) is 12.9. The number of carbonyl (C=O) groups is 3. The molecule has 1 heterocycles. The van der Waals surface area contributed by atoms with Crippen LogP contribution in [0.15, 0.2) is 47.6 Å². The van der Waals surface area contributed by atoms with Gasteiger partial charge in [0.2, 0.25) is 0 Å². The first-order valence-electron chi connectivity index (χ1n) is 10.8. The summed E-state index contributed by atoms with van der Waals surface area (Å²) >= 11 is 13.2. The molecular formula is C25H18Cl2N4O4S. The third kappa shape index (κ3) is 5.91. The van der Waals surface area contributed by atoms with Crippen LogP contribution >= 0.6 is 34.5 Å². The van der Waals surface area contributed by atoms with Crippen molar-refractivity contribution in [3.63, 3.8) is 0 Å². The molecule has 1 aromatic heterocycles. The number of fused-ring (bicyclic) bond motifs is 1. The maximum absolute atomic E-state index is 12.3. The molecule has 0 radical (unpaired) electrons. The quantitative estimate of drug-likeness (QED) is 0.153. The normalized spacial score (nSPS) is 12.5. The highest BCUT2D eigenvalue weighted by atomic mass is 35.5. The highest BCUT2D eigenvalue weighted by Crippen LogP contribution is 2.37. The molecule has 0 aliphatic heterocycles. The number of nitrogens with zero attached hydrogens (tertiary/aromatic N) is 2. The third-order valence-electron chi connectivity index (χ3n) is 5.34. The van der Waals surface area contributed by atoms with E-state index in [1.165, 1.54) is 35.8 Å². The van der Waals surface area contributed by atoms with Crippen LogP contribution in [0.5, 0.6) is 5.75 Å². The molecule has 11 heteroatoms. The molecule has 0 bridgehead atoms. The van der Waals surface area contributed by atoms with Crippen LogP contribution in [0.3, 0.4) is 0 Å². The number of thiophene rings is 1. The van der Waals surface area contributed by atoms with E-state index >= 15 is 0 Å². The lowest BCUT2D eigenvalue weighted by molar-refractivity contribution is -0.136. The van der Waals surface area contributed by atoms with Crippen LogP contribution in [-0.2, 0) is 22.4 Å². The lowest BCUT2D eigenvalue weighted by Gasteiger charge is -2.09. The predicted octanol–water partition coefficient (Wildman–Crippen LogP) is 5.11. The number of hydrogen-bond acceptors (Lipinski definition) is 7. The van der Waals surface area contributed by atoms with Gasteiger partial charge >= 0.3 is 17.8 Å². The number of carbonyl (C=O) groups excluding carboxylic acids is 3. The smallest absolute Gasteiger partial charge is 0.345 e. The Morgan fingerprint density at radius 2 is 1.81 bits per heavy atom. The summed E-state index contributed by atoms with van der Waals surface area (Å²) in [6.45, 7) is 0. The number of hydrazone groups is 1. The minimum Gasteiger partial charge on any atom is -0.423 e. The first kappa shape index (κ1) is 25.4. The number of esters is 1. The van der Waals surface area contributed by atoms with Gasteiger partial charge in [0, 0.05) is 9.90 Å². The average molecular weight is 541 g/mol. The van der Waals surface area contributed by atoms with E-state index in [4.69, 9.17) is 27.9 Å². The number of rotatable bonds is 5. The number of anilines is 1. The molecule has 4 rings (SSSR count). The van der Waals surface area contributed by atoms with Gasteiger partial charge in [-0.05, 0) is 79.3 Å². The Labute approximate surface area is 220 Å². The van der Waals surface area contributed by atoms with Crippen LogP contribution < -0.4 is 15.5 Å². The van der Waals surface area contributed by atoms with Gasteiger partial charge in [0.25, 0.3) is 0 Å². The second-order valence-electron chi connectivity index (χ2n) is 7.76. The molecule has 36 heavy (non-hydrogen) atoms. The summed E-state index contributed by atoms with van der Waals surface area (Å²) in [6.07, 6.45) is 5.04. The maximum Gasteiger partial charge on any atom is 0.345 e. The van der Waals surface area contributed by atoms with Gasteiger partial charge in [0.05, 0.1) is 22.4 Å². The fourth-order valence-corrected chi connectivity index (χ4v) is 5.31. The standard InChI is InChI=1S/C25H18Cl2N4O4S/c26-15-7-10-18(20(27)11-15)25(34)35-16-8-5-14(6-9-16)13-29-31-23(33)22(32)30-24-19(12-28)17-3-1-2-4-21(17)36-24/h5-11,13H,1-4H2,(H,30,32)(H,31,33)/b29-13+. The van der Waals surface area contributed by atoms with Crippen molar-refractivity contribution < 1.29 is 19.1 Å². The number of ether oxygens (including phenoxy) is 1. The van der Waals surface area contributed by atoms with E-state index in [2.05, 4.69) is 21.9 Å². The van der Waals surface area contributed by atoms with Crippen LogP contribution in [0.4, 0.5) is 5.00 Å². The van der Waals surface area contributed by atoms with Crippen molar-refractivity contribution in [1.82, 2.24) is 5.43 Å². The number of aryl methyl sites for hydroxylation is 1. The Hall–Kier alpha value is -3.71. The second-order valence-corrected chi connectivity index (χ2v) is 9.71. The number of nitrogens with one attached hydrogen (secondary N) is 2. The molecule has 2 amide bonds. The fourth-order valence-electron chi connectivity index (χ4n) is 3.59. The van der Waals surface area contributed by atoms with Crippen molar-refractivity contribution in [3.8, 4) is 11.8 Å². The molecule has 0 fully saturated rings. The fraction of sp³-hybridized carbons (Fsp3) is 0.160. The number of nitriles is 1. The van der Waals surface area contributed by atoms with E-state index in [-0.39, 0.29) is 16.3 Å². The molecule has 0 saturated carbocycles. The molecule has 8 nitrogen and oxygen atoms in total. The largest absolute Gasteiger partial charge is 0.423 e. The number of halogens is 2. The Morgan fingerprint density at radius 1 is 1.06 bits per heavy atom. The van der Waals surface area contributed by atoms with Gasteiger partial charge in [0.15, 0.2) is 0 Å². The van der Waals surface area contributed by atoms with Gasteiger partial charge in [-0.1, -0.05) is 23.2 Å².